The monoisotopic (exact) mass is 350 g/mol. The largest absolute Gasteiger partial charge is 0.481 e. The van der Waals surface area contributed by atoms with E-state index in [1.54, 1.807) is 20.8 Å². The first-order chi connectivity index (χ1) is 10.5. The van der Waals surface area contributed by atoms with Crippen LogP contribution in [-0.4, -0.2) is 22.0 Å². The van der Waals surface area contributed by atoms with E-state index in [4.69, 9.17) is 5.11 Å². The lowest BCUT2D eigenvalue weighted by atomic mass is 10.1. The standard InChI is InChI=1S/C14H17F3N2O3S/c1-4-6(11-19-7(5-23-11)14(15,16)17)18-10(20)8-9(12(21)22)13(8,2)3/h5-6,8-9H,4H2,1-3H3,(H,18,20)(H,21,22)/t6?,8-,9+/m0/s1. The van der Waals surface area contributed by atoms with Gasteiger partial charge in [-0.05, 0) is 11.8 Å². The second-order valence-corrected chi connectivity index (χ2v) is 7.04. The Morgan fingerprint density at radius 2 is 2.04 bits per heavy atom. The van der Waals surface area contributed by atoms with E-state index in [1.165, 1.54) is 0 Å². The average Bonchev–Trinajstić information content (AvgIpc) is 2.80. The minimum Gasteiger partial charge on any atom is -0.481 e. The first-order valence-corrected chi connectivity index (χ1v) is 7.93. The molecule has 0 bridgehead atoms. The Morgan fingerprint density at radius 1 is 1.43 bits per heavy atom. The van der Waals surface area contributed by atoms with Gasteiger partial charge in [-0.3, -0.25) is 9.59 Å². The predicted octanol–water partition coefficient (Wildman–Crippen LogP) is 3.09. The zero-order chi connectivity index (χ0) is 17.6. The van der Waals surface area contributed by atoms with Gasteiger partial charge in [0, 0.05) is 5.38 Å². The summed E-state index contributed by atoms with van der Waals surface area (Å²) in [6.07, 6.45) is -4.16. The van der Waals surface area contributed by atoms with Crippen molar-refractivity contribution < 1.29 is 27.9 Å². The quantitative estimate of drug-likeness (QED) is 0.855. The zero-order valence-corrected chi connectivity index (χ0v) is 13.6. The van der Waals surface area contributed by atoms with Crippen molar-refractivity contribution in [1.29, 1.82) is 0 Å². The first kappa shape index (κ1) is 17.7. The van der Waals surface area contributed by atoms with Crippen molar-refractivity contribution in [2.24, 2.45) is 17.3 Å². The molecule has 1 saturated carbocycles. The molecular formula is C14H17F3N2O3S. The fourth-order valence-corrected chi connectivity index (χ4v) is 3.73. The van der Waals surface area contributed by atoms with Crippen molar-refractivity contribution >= 4 is 23.2 Å². The lowest BCUT2D eigenvalue weighted by Crippen LogP contribution is -2.31. The van der Waals surface area contributed by atoms with Gasteiger partial charge in [-0.2, -0.15) is 13.2 Å². The molecule has 9 heteroatoms. The Balaban J connectivity index is 2.10. The van der Waals surface area contributed by atoms with Crippen LogP contribution in [0, 0.1) is 17.3 Å². The summed E-state index contributed by atoms with van der Waals surface area (Å²) in [7, 11) is 0. The van der Waals surface area contributed by atoms with Gasteiger partial charge in [0.15, 0.2) is 5.69 Å². The molecular weight excluding hydrogens is 333 g/mol. The molecule has 0 aliphatic heterocycles. The van der Waals surface area contributed by atoms with E-state index in [2.05, 4.69) is 10.3 Å². The predicted molar refractivity (Wildman–Crippen MR) is 76.7 cm³/mol. The molecule has 1 aliphatic rings. The Hall–Kier alpha value is -1.64. The highest BCUT2D eigenvalue weighted by molar-refractivity contribution is 7.09. The number of carboxylic acids is 1. The van der Waals surface area contributed by atoms with Crippen LogP contribution in [0.4, 0.5) is 13.2 Å². The van der Waals surface area contributed by atoms with Gasteiger partial charge in [-0.15, -0.1) is 11.3 Å². The maximum absolute atomic E-state index is 12.6. The normalized spacial score (nSPS) is 24.1. The zero-order valence-electron chi connectivity index (χ0n) is 12.8. The molecule has 3 atom stereocenters. The fraction of sp³-hybridized carbons (Fsp3) is 0.643. The molecule has 5 nitrogen and oxygen atoms in total. The molecule has 128 valence electrons. The SMILES string of the molecule is CCC(NC(=O)[C@@H]1[C@H](C(=O)O)C1(C)C)c1nc(C(F)(F)F)cs1. The van der Waals surface area contributed by atoms with Crippen LogP contribution in [0.15, 0.2) is 5.38 Å². The third kappa shape index (κ3) is 3.34. The number of hydrogen-bond acceptors (Lipinski definition) is 4. The number of alkyl halides is 3. The number of carboxylic acid groups (broad SMARTS) is 1. The highest BCUT2D eigenvalue weighted by Gasteiger charge is 2.66. The molecule has 1 aromatic rings. The van der Waals surface area contributed by atoms with E-state index in [0.717, 1.165) is 16.7 Å². The number of rotatable bonds is 5. The fourth-order valence-electron chi connectivity index (χ4n) is 2.77. The number of carbonyl (C=O) groups excluding carboxylic acids is 1. The molecule has 1 unspecified atom stereocenters. The van der Waals surface area contributed by atoms with Gasteiger partial charge in [-0.25, -0.2) is 4.98 Å². The molecule has 1 aromatic heterocycles. The molecule has 23 heavy (non-hydrogen) atoms. The summed E-state index contributed by atoms with van der Waals surface area (Å²) in [5.74, 6) is -2.96. The van der Waals surface area contributed by atoms with Crippen LogP contribution >= 0.6 is 11.3 Å². The van der Waals surface area contributed by atoms with Gasteiger partial charge in [0.2, 0.25) is 5.91 Å². The molecule has 1 amide bonds. The Bertz CT molecular complexity index is 627. The maximum atomic E-state index is 12.6. The highest BCUT2D eigenvalue weighted by Crippen LogP contribution is 2.58. The number of thiazole rings is 1. The molecule has 1 fully saturated rings. The number of nitrogens with zero attached hydrogens (tertiary/aromatic N) is 1. The molecule has 2 rings (SSSR count). The lowest BCUT2D eigenvalue weighted by molar-refractivity contribution is -0.141. The summed E-state index contributed by atoms with van der Waals surface area (Å²) in [6, 6.07) is -0.658. The van der Waals surface area contributed by atoms with Crippen molar-refractivity contribution in [3.63, 3.8) is 0 Å². The highest BCUT2D eigenvalue weighted by atomic mass is 32.1. The molecule has 0 saturated heterocycles. The number of halogens is 3. The van der Waals surface area contributed by atoms with Gasteiger partial charge in [-0.1, -0.05) is 20.8 Å². The molecule has 0 radical (unpaired) electrons. The van der Waals surface area contributed by atoms with E-state index >= 15 is 0 Å². The van der Waals surface area contributed by atoms with Crippen LogP contribution in [0.5, 0.6) is 0 Å². The Morgan fingerprint density at radius 3 is 2.43 bits per heavy atom. The second-order valence-electron chi connectivity index (χ2n) is 6.15. The summed E-state index contributed by atoms with van der Waals surface area (Å²) >= 11 is 0.828. The van der Waals surface area contributed by atoms with Crippen molar-refractivity contribution in [3.8, 4) is 0 Å². The topological polar surface area (TPSA) is 79.3 Å². The van der Waals surface area contributed by atoms with E-state index in [9.17, 15) is 22.8 Å². The second kappa shape index (κ2) is 5.77. The van der Waals surface area contributed by atoms with Crippen molar-refractivity contribution in [1.82, 2.24) is 10.3 Å². The number of carbonyl (C=O) groups is 2. The van der Waals surface area contributed by atoms with Crippen molar-refractivity contribution in [2.45, 2.75) is 39.4 Å². The third-order valence-corrected chi connectivity index (χ3v) is 5.17. The van der Waals surface area contributed by atoms with Crippen LogP contribution in [0.25, 0.3) is 0 Å². The summed E-state index contributed by atoms with van der Waals surface area (Å²) in [5, 5.41) is 12.8. The summed E-state index contributed by atoms with van der Waals surface area (Å²) < 4.78 is 37.8. The molecule has 1 heterocycles. The first-order valence-electron chi connectivity index (χ1n) is 7.06. The van der Waals surface area contributed by atoms with E-state index in [-0.39, 0.29) is 5.01 Å². The third-order valence-electron chi connectivity index (χ3n) is 4.21. The Labute approximate surface area is 134 Å². The van der Waals surface area contributed by atoms with E-state index in [0.29, 0.717) is 6.42 Å². The van der Waals surface area contributed by atoms with Gasteiger partial charge < -0.3 is 10.4 Å². The van der Waals surface area contributed by atoms with E-state index in [1.807, 2.05) is 0 Å². The van der Waals surface area contributed by atoms with Crippen LogP contribution in [0.3, 0.4) is 0 Å². The van der Waals surface area contributed by atoms with Crippen LogP contribution in [0.2, 0.25) is 0 Å². The molecule has 1 aliphatic carbocycles. The summed E-state index contributed by atoms with van der Waals surface area (Å²) in [6.45, 7) is 5.08. The maximum Gasteiger partial charge on any atom is 0.434 e. The molecule has 0 spiro atoms. The summed E-state index contributed by atoms with van der Waals surface area (Å²) in [4.78, 5) is 26.9. The number of amides is 1. The Kier molecular flexibility index (Phi) is 4.44. The minimum absolute atomic E-state index is 0.165. The number of aromatic nitrogens is 1. The lowest BCUT2D eigenvalue weighted by Gasteiger charge is -2.15. The smallest absolute Gasteiger partial charge is 0.434 e. The van der Waals surface area contributed by atoms with Crippen LogP contribution < -0.4 is 5.32 Å². The molecule has 0 aromatic carbocycles. The van der Waals surface area contributed by atoms with Crippen LogP contribution in [-0.2, 0) is 15.8 Å². The number of aliphatic carboxylic acids is 1. The van der Waals surface area contributed by atoms with Crippen molar-refractivity contribution in [3.05, 3.63) is 16.1 Å². The van der Waals surface area contributed by atoms with Gasteiger partial charge in [0.05, 0.1) is 17.9 Å². The van der Waals surface area contributed by atoms with Crippen LogP contribution in [0.1, 0.15) is 43.9 Å². The van der Waals surface area contributed by atoms with Gasteiger partial charge in [0.1, 0.15) is 5.01 Å². The summed E-state index contributed by atoms with van der Waals surface area (Å²) in [5.41, 5.74) is -1.64. The van der Waals surface area contributed by atoms with Gasteiger partial charge >= 0.3 is 12.1 Å². The minimum atomic E-state index is -4.52. The van der Waals surface area contributed by atoms with Crippen molar-refractivity contribution in [2.75, 3.05) is 0 Å². The van der Waals surface area contributed by atoms with E-state index < -0.39 is 47.0 Å². The van der Waals surface area contributed by atoms with Gasteiger partial charge in [0.25, 0.3) is 0 Å². The number of nitrogens with one attached hydrogen (secondary N) is 1. The average molecular weight is 350 g/mol. The number of hydrogen-bond donors (Lipinski definition) is 2. The molecule has 2 N–H and O–H groups in total.